The first-order valence-electron chi connectivity index (χ1n) is 29.0. The number of halogens is 3. The third-order valence-corrected chi connectivity index (χ3v) is 15.8. The number of nitrogens with one attached hydrogen (secondary N) is 3. The highest BCUT2D eigenvalue weighted by Gasteiger charge is 2.45. The summed E-state index contributed by atoms with van der Waals surface area (Å²) in [6, 6.07) is 17.3. The minimum Gasteiger partial charge on any atom is -0.474 e. The maximum Gasteiger partial charge on any atom is 0.416 e. The minimum atomic E-state index is -4.58. The predicted octanol–water partition coefficient (Wildman–Crippen LogP) is 8.75. The van der Waals surface area contributed by atoms with Gasteiger partial charge in [-0.25, -0.2) is 9.97 Å². The largest absolute Gasteiger partial charge is 0.474 e. The molecule has 8 rings (SSSR count). The van der Waals surface area contributed by atoms with E-state index in [1.807, 2.05) is 89.6 Å². The quantitative estimate of drug-likeness (QED) is 0.0336. The van der Waals surface area contributed by atoms with Gasteiger partial charge in [0.15, 0.2) is 0 Å². The summed E-state index contributed by atoms with van der Waals surface area (Å²) in [5.41, 5.74) is 7.32. The van der Waals surface area contributed by atoms with Crippen LogP contribution in [0, 0.1) is 19.3 Å². The fraction of sp³-hybridized carbons (Fsp3) is 0.484. The van der Waals surface area contributed by atoms with E-state index >= 15 is 0 Å². The number of alkyl halides is 3. The Morgan fingerprint density at radius 2 is 1.58 bits per heavy atom. The van der Waals surface area contributed by atoms with Gasteiger partial charge in [-0.15, -0.1) is 16.4 Å². The monoisotopic (exact) mass is 1210 g/mol. The van der Waals surface area contributed by atoms with E-state index in [9.17, 15) is 37.5 Å². The molecule has 0 saturated carbocycles. The summed E-state index contributed by atoms with van der Waals surface area (Å²) >= 11 is 1.57. The third kappa shape index (κ3) is 18.1. The summed E-state index contributed by atoms with van der Waals surface area (Å²) in [5, 5.41) is 27.8. The number of aliphatic hydroxyl groups is 1. The number of rotatable bonds is 28. The highest BCUT2D eigenvalue weighted by Crippen LogP contribution is 2.36. The Bertz CT molecular complexity index is 3220. The van der Waals surface area contributed by atoms with Crippen molar-refractivity contribution in [1.82, 2.24) is 40.5 Å². The number of nitrogens with zero attached hydrogens (tertiary/aromatic N) is 7. The van der Waals surface area contributed by atoms with Crippen molar-refractivity contribution in [3.05, 3.63) is 124 Å². The number of hydrogen-bond donors (Lipinski definition) is 4. The lowest BCUT2D eigenvalue weighted by Crippen LogP contribution is -2.57. The van der Waals surface area contributed by atoms with Crippen molar-refractivity contribution < 1.29 is 61.1 Å². The SMILES string of the molecule is Cc1ccc(NC(=O)c2cccc(C(F)(F)F)c2)cc1-c1cnc(OCCOCCOCCOCc2cn(CCCCCC(=O)N[C@@H](C(=O)N3C[C@H](O)C[C@H]3C(=O)N[C@@H](C)c3ccc(-c4scnc4C)cc3)C(C)(C)C)nn2)c(N2CCOCC2)c1. The number of morpholine rings is 1. The van der Waals surface area contributed by atoms with Crippen LogP contribution in [0.15, 0.2) is 90.7 Å². The number of carbonyl (C=O) groups is 4. The number of unbranched alkanes of at least 4 members (excludes halogenated alkanes) is 2. The number of pyridine rings is 1. The van der Waals surface area contributed by atoms with Crippen molar-refractivity contribution in [2.24, 2.45) is 5.41 Å². The number of aliphatic hydroxyl groups excluding tert-OH is 1. The van der Waals surface area contributed by atoms with Gasteiger partial charge in [0.1, 0.15) is 30.1 Å². The molecular weight excluding hydrogens is 1130 g/mol. The molecule has 6 aromatic rings. The van der Waals surface area contributed by atoms with Gasteiger partial charge in [0.25, 0.3) is 5.91 Å². The first kappa shape index (κ1) is 64.6. The molecule has 4 atom stereocenters. The number of amides is 4. The van der Waals surface area contributed by atoms with Crippen LogP contribution < -0.4 is 25.6 Å². The Balaban J connectivity index is 0.690. The first-order valence-corrected chi connectivity index (χ1v) is 29.9. The Hall–Kier alpha value is -7.35. The average Bonchev–Trinajstić information content (AvgIpc) is 2.50. The lowest BCUT2D eigenvalue weighted by atomic mass is 9.85. The number of thiazole rings is 1. The molecular formula is C62H77F3N10O10S. The molecule has 2 fully saturated rings. The van der Waals surface area contributed by atoms with E-state index in [1.165, 1.54) is 17.0 Å². The van der Waals surface area contributed by atoms with Gasteiger partial charge in [-0.2, -0.15) is 13.2 Å². The number of likely N-dealkylation sites (tertiary alicyclic amines) is 1. The van der Waals surface area contributed by atoms with Crippen LogP contribution >= 0.6 is 11.3 Å². The molecule has 3 aromatic carbocycles. The van der Waals surface area contributed by atoms with E-state index in [4.69, 9.17) is 23.7 Å². The number of carbonyl (C=O) groups excluding carboxylic acids is 4. The van der Waals surface area contributed by atoms with Crippen LogP contribution in [-0.4, -0.2) is 149 Å². The zero-order valence-electron chi connectivity index (χ0n) is 49.5. The number of anilines is 2. The molecule has 0 unspecified atom stereocenters. The van der Waals surface area contributed by atoms with Gasteiger partial charge in [-0.1, -0.05) is 68.8 Å². The van der Waals surface area contributed by atoms with Crippen molar-refractivity contribution in [3.63, 3.8) is 0 Å². The smallest absolute Gasteiger partial charge is 0.416 e. The molecule has 0 radical (unpaired) electrons. The number of ether oxygens (including phenoxy) is 5. The molecule has 3 aromatic heterocycles. The molecule has 4 amide bonds. The van der Waals surface area contributed by atoms with Gasteiger partial charge < -0.3 is 54.5 Å². The zero-order valence-corrected chi connectivity index (χ0v) is 50.3. The number of aromatic nitrogens is 5. The lowest BCUT2D eigenvalue weighted by Gasteiger charge is -2.35. The summed E-state index contributed by atoms with van der Waals surface area (Å²) in [4.78, 5) is 67.8. The Labute approximate surface area is 503 Å². The minimum absolute atomic E-state index is 0.00752. The van der Waals surface area contributed by atoms with Gasteiger partial charge in [-0.3, -0.25) is 23.9 Å². The van der Waals surface area contributed by atoms with Crippen LogP contribution in [0.2, 0.25) is 0 Å². The van der Waals surface area contributed by atoms with Crippen LogP contribution in [0.3, 0.4) is 0 Å². The second-order valence-electron chi connectivity index (χ2n) is 22.5. The van der Waals surface area contributed by atoms with E-state index in [2.05, 4.69) is 41.1 Å². The van der Waals surface area contributed by atoms with Gasteiger partial charge in [0.2, 0.25) is 23.6 Å². The fourth-order valence-electron chi connectivity index (χ4n) is 10.1. The second-order valence-corrected chi connectivity index (χ2v) is 23.4. The standard InChI is InChI=1S/C62H77F3N10O10S/c1-40-14-19-48(69-57(78)45-11-10-12-47(31-45)62(63,64)65)33-51(40)46-32-53(73-21-23-81-24-22-73)59(66-35-46)85-30-29-83-26-25-82-27-28-84-38-49-36-74(72-71-49)20-9-7-8-13-54(77)70-56(61(4,5)6)60(80)75-37-50(76)34-52(75)58(79)68-41(2)43-15-17-44(18-16-43)55-42(3)67-39-86-55/h10-12,14-19,31-33,35-36,39,41,50,52,56,76H,7-9,13,20-30,34,37-38H2,1-6H3,(H,68,79)(H,69,78)(H,70,77)/t41-,50+,52-,56-/m0/s1. The van der Waals surface area contributed by atoms with Crippen molar-refractivity contribution in [2.45, 2.75) is 117 Å². The van der Waals surface area contributed by atoms with Crippen LogP contribution in [0.4, 0.5) is 24.5 Å². The number of aryl methyl sites for hydroxylation is 3. The van der Waals surface area contributed by atoms with Gasteiger partial charge in [0.05, 0.1) is 92.8 Å². The van der Waals surface area contributed by atoms with Gasteiger partial charge in [0, 0.05) is 62.0 Å². The second kappa shape index (κ2) is 30.3. The summed E-state index contributed by atoms with van der Waals surface area (Å²) in [6.07, 6.45) is 0.439. The first-order chi connectivity index (χ1) is 41.2. The Morgan fingerprint density at radius 3 is 2.29 bits per heavy atom. The number of benzene rings is 3. The molecule has 0 spiro atoms. The average molecular weight is 1210 g/mol. The molecule has 2 saturated heterocycles. The maximum atomic E-state index is 14.1. The molecule has 86 heavy (non-hydrogen) atoms. The maximum absolute atomic E-state index is 14.1. The Kier molecular flexibility index (Phi) is 22.8. The van der Waals surface area contributed by atoms with Gasteiger partial charge >= 0.3 is 6.18 Å². The molecule has 2 aliphatic heterocycles. The summed E-state index contributed by atoms with van der Waals surface area (Å²) < 4.78 is 70.6. The van der Waals surface area contributed by atoms with E-state index in [0.29, 0.717) is 83.0 Å². The zero-order chi connectivity index (χ0) is 61.4. The Morgan fingerprint density at radius 1 is 0.849 bits per heavy atom. The van der Waals surface area contributed by atoms with Crippen molar-refractivity contribution in [3.8, 4) is 27.4 Å². The fourth-order valence-corrected chi connectivity index (χ4v) is 10.9. The van der Waals surface area contributed by atoms with Crippen molar-refractivity contribution in [1.29, 1.82) is 0 Å². The molecule has 0 bridgehead atoms. The number of β-amino-alcohol motifs (C(OH)–C–C–N with tert-alkyl or cyclic N) is 1. The predicted molar refractivity (Wildman–Crippen MR) is 318 cm³/mol. The normalized spacial score (nSPS) is 16.2. The molecule has 2 aliphatic rings. The molecule has 4 N–H and O–H groups in total. The van der Waals surface area contributed by atoms with Gasteiger partial charge in [-0.05, 0) is 97.7 Å². The van der Waals surface area contributed by atoms with Crippen LogP contribution in [0.25, 0.3) is 21.6 Å². The van der Waals surface area contributed by atoms with Crippen molar-refractivity contribution in [2.75, 3.05) is 82.7 Å². The van der Waals surface area contributed by atoms with Crippen LogP contribution in [0.1, 0.15) is 104 Å². The van der Waals surface area contributed by atoms with E-state index in [-0.39, 0.29) is 62.6 Å². The molecule has 0 aliphatic carbocycles. The summed E-state index contributed by atoms with van der Waals surface area (Å²) in [6.45, 7) is 16.4. The molecule has 24 heteroatoms. The van der Waals surface area contributed by atoms with E-state index in [0.717, 1.165) is 69.1 Å². The van der Waals surface area contributed by atoms with E-state index in [1.54, 1.807) is 34.3 Å². The third-order valence-electron chi connectivity index (χ3n) is 14.8. The summed E-state index contributed by atoms with van der Waals surface area (Å²) in [7, 11) is 0. The number of hydrogen-bond acceptors (Lipinski definition) is 16. The summed E-state index contributed by atoms with van der Waals surface area (Å²) in [5.74, 6) is -1.27. The van der Waals surface area contributed by atoms with Crippen LogP contribution in [-0.2, 0) is 52.7 Å². The van der Waals surface area contributed by atoms with Crippen LogP contribution in [0.5, 0.6) is 5.88 Å². The molecule has 20 nitrogen and oxygen atoms in total. The highest BCUT2D eigenvalue weighted by atomic mass is 32.1. The molecule has 462 valence electrons. The van der Waals surface area contributed by atoms with E-state index < -0.39 is 47.2 Å². The van der Waals surface area contributed by atoms with Crippen molar-refractivity contribution >= 4 is 46.3 Å². The highest BCUT2D eigenvalue weighted by molar-refractivity contribution is 7.13. The lowest BCUT2D eigenvalue weighted by molar-refractivity contribution is -0.144. The molecule has 5 heterocycles. The topological polar surface area (TPSA) is 234 Å².